The predicted molar refractivity (Wildman–Crippen MR) is 85.9 cm³/mol. The Balaban J connectivity index is 2.13. The lowest BCUT2D eigenvalue weighted by Gasteiger charge is -2.10. The van der Waals surface area contributed by atoms with E-state index in [9.17, 15) is 0 Å². The molecule has 0 saturated heterocycles. The summed E-state index contributed by atoms with van der Waals surface area (Å²) in [5.41, 5.74) is 13.6. The Labute approximate surface area is 128 Å². The number of anilines is 2. The van der Waals surface area contributed by atoms with Gasteiger partial charge in [0.2, 0.25) is 0 Å². The molecule has 2 aromatic rings. The molecule has 0 unspecified atom stereocenters. The zero-order valence-electron chi connectivity index (χ0n) is 12.4. The van der Waals surface area contributed by atoms with Gasteiger partial charge in [0, 0.05) is 24.8 Å². The summed E-state index contributed by atoms with van der Waals surface area (Å²) in [7, 11) is 0. The van der Waals surface area contributed by atoms with Crippen LogP contribution in [0.5, 0.6) is 0 Å². The summed E-state index contributed by atoms with van der Waals surface area (Å²) >= 11 is 1.36. The quantitative estimate of drug-likeness (QED) is 0.726. The molecule has 112 valence electrons. The summed E-state index contributed by atoms with van der Waals surface area (Å²) < 4.78 is 0. The van der Waals surface area contributed by atoms with Crippen LogP contribution in [0.3, 0.4) is 0 Å². The number of nitrogens with two attached hydrogens (primary N) is 2. The summed E-state index contributed by atoms with van der Waals surface area (Å²) in [6.07, 6.45) is 1.86. The normalized spacial score (nSPS) is 11.0. The second-order valence-electron chi connectivity index (χ2n) is 5.10. The molecular formula is C14H20N6S. The van der Waals surface area contributed by atoms with Crippen LogP contribution in [0, 0.1) is 6.92 Å². The maximum absolute atomic E-state index is 5.67. The molecule has 6 nitrogen and oxygen atoms in total. The largest absolute Gasteiger partial charge is 0.383 e. The molecule has 0 aliphatic rings. The summed E-state index contributed by atoms with van der Waals surface area (Å²) in [4.78, 5) is 12.8. The Kier molecular flexibility index (Phi) is 4.98. The zero-order valence-corrected chi connectivity index (χ0v) is 13.2. The lowest BCUT2D eigenvalue weighted by molar-refractivity contribution is 0.587. The second kappa shape index (κ2) is 6.73. The number of aromatic nitrogens is 3. The Morgan fingerprint density at radius 3 is 2.43 bits per heavy atom. The van der Waals surface area contributed by atoms with Crippen LogP contribution in [0.4, 0.5) is 11.6 Å². The smallest absolute Gasteiger partial charge is 0.197 e. The molecule has 0 spiro atoms. The second-order valence-corrected chi connectivity index (χ2v) is 6.06. The van der Waals surface area contributed by atoms with E-state index in [1.54, 1.807) is 0 Å². The molecule has 0 bridgehead atoms. The van der Waals surface area contributed by atoms with Crippen molar-refractivity contribution in [3.05, 3.63) is 29.5 Å². The Bertz CT molecular complexity index is 609. The van der Waals surface area contributed by atoms with Crippen molar-refractivity contribution in [3.63, 3.8) is 0 Å². The highest BCUT2D eigenvalue weighted by molar-refractivity contribution is 7.99. The van der Waals surface area contributed by atoms with Crippen LogP contribution in [-0.2, 0) is 6.54 Å². The van der Waals surface area contributed by atoms with Crippen LogP contribution in [0.1, 0.15) is 25.0 Å². The van der Waals surface area contributed by atoms with Gasteiger partial charge in [0.1, 0.15) is 16.7 Å². The van der Waals surface area contributed by atoms with Crippen molar-refractivity contribution in [2.45, 2.75) is 43.5 Å². The molecule has 0 amide bonds. The number of nitrogens with one attached hydrogen (secondary N) is 1. The number of pyridine rings is 1. The molecule has 0 aliphatic carbocycles. The third-order valence-electron chi connectivity index (χ3n) is 2.73. The van der Waals surface area contributed by atoms with Gasteiger partial charge in [-0.2, -0.15) is 0 Å². The van der Waals surface area contributed by atoms with Crippen molar-refractivity contribution in [1.29, 1.82) is 0 Å². The van der Waals surface area contributed by atoms with E-state index in [0.717, 1.165) is 22.7 Å². The Hall–Kier alpha value is -1.86. The highest BCUT2D eigenvalue weighted by Gasteiger charge is 2.08. The van der Waals surface area contributed by atoms with Crippen LogP contribution in [0.2, 0.25) is 0 Å². The first kappa shape index (κ1) is 15.5. The molecule has 0 saturated carbocycles. The van der Waals surface area contributed by atoms with Gasteiger partial charge in [-0.15, -0.1) is 0 Å². The van der Waals surface area contributed by atoms with Gasteiger partial charge in [0.15, 0.2) is 5.16 Å². The van der Waals surface area contributed by atoms with Crippen LogP contribution in [0.15, 0.2) is 28.5 Å². The summed E-state index contributed by atoms with van der Waals surface area (Å²) in [6, 6.07) is 4.09. The van der Waals surface area contributed by atoms with Crippen molar-refractivity contribution in [1.82, 2.24) is 20.3 Å². The molecule has 2 heterocycles. The van der Waals surface area contributed by atoms with E-state index in [1.807, 2.05) is 13.1 Å². The van der Waals surface area contributed by atoms with E-state index in [4.69, 9.17) is 11.5 Å². The maximum atomic E-state index is 5.67. The van der Waals surface area contributed by atoms with Crippen LogP contribution >= 0.6 is 11.8 Å². The van der Waals surface area contributed by atoms with Gasteiger partial charge in [0.25, 0.3) is 0 Å². The monoisotopic (exact) mass is 304 g/mol. The minimum atomic E-state index is 0.361. The highest BCUT2D eigenvalue weighted by atomic mass is 32.2. The van der Waals surface area contributed by atoms with Crippen LogP contribution in [-0.4, -0.2) is 21.0 Å². The molecule has 7 heteroatoms. The molecule has 0 fully saturated rings. The number of nitrogen functional groups attached to an aromatic ring is 2. The van der Waals surface area contributed by atoms with Gasteiger partial charge in [-0.05, 0) is 29.8 Å². The number of hydrogen-bond donors (Lipinski definition) is 3. The topological polar surface area (TPSA) is 103 Å². The van der Waals surface area contributed by atoms with E-state index in [2.05, 4.69) is 40.2 Å². The SMILES string of the molecule is Cc1cc(CNC(C)C)cnc1Sc1nc(N)cc(N)n1. The molecule has 2 rings (SSSR count). The zero-order chi connectivity index (χ0) is 15.4. The Morgan fingerprint density at radius 2 is 1.86 bits per heavy atom. The maximum Gasteiger partial charge on any atom is 0.197 e. The van der Waals surface area contributed by atoms with Gasteiger partial charge in [-0.1, -0.05) is 19.9 Å². The van der Waals surface area contributed by atoms with Gasteiger partial charge < -0.3 is 16.8 Å². The van der Waals surface area contributed by atoms with Crippen molar-refractivity contribution < 1.29 is 0 Å². The number of nitrogens with zero attached hydrogens (tertiary/aromatic N) is 3. The van der Waals surface area contributed by atoms with Crippen molar-refractivity contribution >= 4 is 23.4 Å². The minimum Gasteiger partial charge on any atom is -0.383 e. The van der Waals surface area contributed by atoms with E-state index in [1.165, 1.54) is 17.8 Å². The van der Waals surface area contributed by atoms with E-state index in [0.29, 0.717) is 22.8 Å². The standard InChI is InChI=1S/C14H20N6S/c1-8(2)17-6-10-4-9(3)13(18-7-10)21-14-19-11(15)5-12(16)20-14/h4-5,7-8,17H,6H2,1-3H3,(H4,15,16,19,20). The van der Waals surface area contributed by atoms with E-state index < -0.39 is 0 Å². The first-order chi connectivity index (χ1) is 9.94. The van der Waals surface area contributed by atoms with Gasteiger partial charge in [0.05, 0.1) is 0 Å². The summed E-state index contributed by atoms with van der Waals surface area (Å²) in [5.74, 6) is 0.723. The third kappa shape index (κ3) is 4.57. The minimum absolute atomic E-state index is 0.361. The highest BCUT2D eigenvalue weighted by Crippen LogP contribution is 2.27. The molecule has 5 N–H and O–H groups in total. The van der Waals surface area contributed by atoms with Crippen molar-refractivity contribution in [2.24, 2.45) is 0 Å². The fourth-order valence-corrected chi connectivity index (χ4v) is 2.54. The number of hydrogen-bond acceptors (Lipinski definition) is 7. The lowest BCUT2D eigenvalue weighted by Crippen LogP contribution is -2.21. The fourth-order valence-electron chi connectivity index (χ4n) is 1.74. The third-order valence-corrected chi connectivity index (χ3v) is 3.72. The summed E-state index contributed by atoms with van der Waals surface area (Å²) in [6.45, 7) is 7.06. The molecule has 0 atom stereocenters. The average molecular weight is 304 g/mol. The van der Waals surface area contributed by atoms with Gasteiger partial charge >= 0.3 is 0 Å². The first-order valence-electron chi connectivity index (χ1n) is 6.71. The number of rotatable bonds is 5. The number of aryl methyl sites for hydroxylation is 1. The molecule has 0 radical (unpaired) electrons. The summed E-state index contributed by atoms with van der Waals surface area (Å²) in [5, 5.41) is 4.73. The van der Waals surface area contributed by atoms with E-state index in [-0.39, 0.29) is 0 Å². The van der Waals surface area contributed by atoms with Crippen molar-refractivity contribution in [2.75, 3.05) is 11.5 Å². The molecular weight excluding hydrogens is 284 g/mol. The van der Waals surface area contributed by atoms with Crippen LogP contribution in [0.25, 0.3) is 0 Å². The Morgan fingerprint density at radius 1 is 1.19 bits per heavy atom. The van der Waals surface area contributed by atoms with Gasteiger partial charge in [-0.25, -0.2) is 15.0 Å². The molecule has 2 aromatic heterocycles. The molecule has 0 aromatic carbocycles. The van der Waals surface area contributed by atoms with E-state index >= 15 is 0 Å². The lowest BCUT2D eigenvalue weighted by atomic mass is 10.2. The van der Waals surface area contributed by atoms with Crippen LogP contribution < -0.4 is 16.8 Å². The van der Waals surface area contributed by atoms with Crippen molar-refractivity contribution in [3.8, 4) is 0 Å². The fraction of sp³-hybridized carbons (Fsp3) is 0.357. The molecule has 0 aliphatic heterocycles. The molecule has 21 heavy (non-hydrogen) atoms. The predicted octanol–water partition coefficient (Wildman–Crippen LogP) is 1.99. The first-order valence-corrected chi connectivity index (χ1v) is 7.52. The average Bonchev–Trinajstić information content (AvgIpc) is 2.38. The van der Waals surface area contributed by atoms with Gasteiger partial charge in [-0.3, -0.25) is 0 Å².